The van der Waals surface area contributed by atoms with Gasteiger partial charge >= 0.3 is 0 Å². The minimum atomic E-state index is 0.559. The highest BCUT2D eigenvalue weighted by Crippen LogP contribution is 2.41. The molecule has 3 heteroatoms. The van der Waals surface area contributed by atoms with Crippen molar-refractivity contribution in [2.45, 2.75) is 97.0 Å². The van der Waals surface area contributed by atoms with E-state index in [9.17, 15) is 0 Å². The average Bonchev–Trinajstić information content (AvgIpc) is 2.49. The molecule has 1 saturated carbocycles. The zero-order chi connectivity index (χ0) is 16.3. The van der Waals surface area contributed by atoms with Crippen LogP contribution in [0.3, 0.4) is 0 Å². The summed E-state index contributed by atoms with van der Waals surface area (Å²) in [5.41, 5.74) is 0. The van der Waals surface area contributed by atoms with Gasteiger partial charge in [0.2, 0.25) is 0 Å². The Morgan fingerprint density at radius 1 is 1.09 bits per heavy atom. The van der Waals surface area contributed by atoms with E-state index in [0.717, 1.165) is 17.7 Å². The van der Waals surface area contributed by atoms with Crippen molar-refractivity contribution in [3.8, 4) is 0 Å². The van der Waals surface area contributed by atoms with Gasteiger partial charge < -0.3 is 4.90 Å². The maximum atomic E-state index is 6.04. The van der Waals surface area contributed by atoms with E-state index in [-0.39, 0.29) is 0 Å². The van der Waals surface area contributed by atoms with Crippen LogP contribution in [-0.2, 0) is 0 Å². The highest BCUT2D eigenvalue weighted by Gasteiger charge is 2.39. The topological polar surface area (TPSA) is 3.24 Å². The summed E-state index contributed by atoms with van der Waals surface area (Å²) in [5, 5.41) is 0. The van der Waals surface area contributed by atoms with Crippen molar-refractivity contribution in [1.29, 1.82) is 0 Å². The zero-order valence-corrected chi connectivity index (χ0v) is 16.3. The predicted octanol–water partition coefficient (Wildman–Crippen LogP) is 4.85. The second-order valence-electron chi connectivity index (χ2n) is 8.69. The number of nitrogens with zero attached hydrogens (tertiary/aromatic N) is 1. The maximum absolute atomic E-state index is 6.04. The molecule has 0 amide bonds. The van der Waals surface area contributed by atoms with Gasteiger partial charge in [-0.1, -0.05) is 64.0 Å². The van der Waals surface area contributed by atoms with E-state index in [1.165, 1.54) is 56.4 Å². The molecule has 1 nitrogen and oxygen atoms in total. The molecule has 0 aromatic rings. The molecule has 4 unspecified atom stereocenters. The molecule has 0 aromatic heterocycles. The van der Waals surface area contributed by atoms with Gasteiger partial charge in [-0.2, -0.15) is 0 Å². The molecule has 0 N–H and O–H groups in total. The van der Waals surface area contributed by atoms with Gasteiger partial charge in [0.15, 0.2) is 0 Å². The standard InChI is InChI=1S/C19H36BNS/c1-13(2)11-17-12-15-9-10-16(20)7-5-6-8-18(15)19(22)21(17)14(3)4/h13-18H,5-12,20H2,1-4H3. The van der Waals surface area contributed by atoms with Gasteiger partial charge in [-0.25, -0.2) is 0 Å². The van der Waals surface area contributed by atoms with Gasteiger partial charge in [-0.3, -0.25) is 0 Å². The summed E-state index contributed by atoms with van der Waals surface area (Å²) in [6, 6.07) is 1.24. The van der Waals surface area contributed by atoms with Crippen LogP contribution in [0, 0.1) is 17.8 Å². The molecular weight excluding hydrogens is 285 g/mol. The fraction of sp³-hybridized carbons (Fsp3) is 0.947. The SMILES string of the molecule is BC1CCCCC2C(=S)N(C(C)C)C(CC(C)C)CC2CC1. The first-order valence-electron chi connectivity index (χ1n) is 9.72. The number of thiocarbonyl (C=S) groups is 1. The Morgan fingerprint density at radius 2 is 1.77 bits per heavy atom. The summed E-state index contributed by atoms with van der Waals surface area (Å²) in [5.74, 6) is 3.22. The van der Waals surface area contributed by atoms with Gasteiger partial charge in [0.25, 0.3) is 0 Å². The number of rotatable bonds is 3. The van der Waals surface area contributed by atoms with Crippen LogP contribution in [0.25, 0.3) is 0 Å². The lowest BCUT2D eigenvalue weighted by molar-refractivity contribution is 0.133. The molecule has 2 rings (SSSR count). The normalized spacial score (nSPS) is 34.3. The van der Waals surface area contributed by atoms with E-state index in [0.29, 0.717) is 18.0 Å². The monoisotopic (exact) mass is 321 g/mol. The number of hydrogen-bond acceptors (Lipinski definition) is 1. The van der Waals surface area contributed by atoms with Crippen LogP contribution in [-0.4, -0.2) is 29.8 Å². The Balaban J connectivity index is 2.17. The van der Waals surface area contributed by atoms with Crippen LogP contribution >= 0.6 is 12.2 Å². The Labute approximate surface area is 145 Å². The molecule has 0 aromatic carbocycles. The van der Waals surface area contributed by atoms with Crippen LogP contribution < -0.4 is 0 Å². The molecule has 22 heavy (non-hydrogen) atoms. The van der Waals surface area contributed by atoms with Crippen LogP contribution in [0.4, 0.5) is 0 Å². The third kappa shape index (κ3) is 4.49. The summed E-state index contributed by atoms with van der Waals surface area (Å²) in [4.78, 5) is 3.93. The fourth-order valence-electron chi connectivity index (χ4n) is 4.81. The quantitative estimate of drug-likeness (QED) is 0.540. The number of hydrogen-bond donors (Lipinski definition) is 0. The molecular formula is C19H36BNS. The third-order valence-electron chi connectivity index (χ3n) is 5.90. The largest absolute Gasteiger partial charge is 0.360 e. The molecule has 0 radical (unpaired) electrons. The van der Waals surface area contributed by atoms with Crippen LogP contribution in [0.2, 0.25) is 5.82 Å². The summed E-state index contributed by atoms with van der Waals surface area (Å²) >= 11 is 6.04. The first kappa shape index (κ1) is 18.3. The second kappa shape index (κ2) is 8.17. The van der Waals surface area contributed by atoms with Gasteiger partial charge in [0.05, 0.1) is 4.99 Å². The first-order valence-corrected chi connectivity index (χ1v) is 10.1. The molecule has 2 fully saturated rings. The minimum Gasteiger partial charge on any atom is -0.360 e. The van der Waals surface area contributed by atoms with Gasteiger partial charge in [-0.05, 0) is 44.9 Å². The minimum absolute atomic E-state index is 0.559. The van der Waals surface area contributed by atoms with Gasteiger partial charge in [0.1, 0.15) is 7.85 Å². The van der Waals surface area contributed by atoms with Crippen molar-refractivity contribution >= 4 is 25.1 Å². The Morgan fingerprint density at radius 3 is 2.41 bits per heavy atom. The van der Waals surface area contributed by atoms with E-state index in [1.807, 2.05) is 0 Å². The molecule has 4 atom stereocenters. The van der Waals surface area contributed by atoms with Crippen molar-refractivity contribution in [3.63, 3.8) is 0 Å². The van der Waals surface area contributed by atoms with Gasteiger partial charge in [-0.15, -0.1) is 0 Å². The Hall–Kier alpha value is -0.0451. The number of fused-ring (bicyclic) bond motifs is 1. The van der Waals surface area contributed by atoms with Crippen LogP contribution in [0.5, 0.6) is 0 Å². The van der Waals surface area contributed by atoms with Crippen molar-refractivity contribution in [3.05, 3.63) is 0 Å². The highest BCUT2D eigenvalue weighted by atomic mass is 32.1. The summed E-state index contributed by atoms with van der Waals surface area (Å²) in [6.07, 6.45) is 11.1. The molecule has 126 valence electrons. The average molecular weight is 321 g/mol. The highest BCUT2D eigenvalue weighted by molar-refractivity contribution is 7.80. The molecule has 0 spiro atoms. The second-order valence-corrected chi connectivity index (χ2v) is 9.11. The number of likely N-dealkylation sites (tertiary alicyclic amines) is 1. The summed E-state index contributed by atoms with van der Waals surface area (Å²) in [7, 11) is 2.45. The lowest BCUT2D eigenvalue weighted by atomic mass is 9.73. The first-order chi connectivity index (χ1) is 10.4. The molecule has 1 aliphatic carbocycles. The Kier molecular flexibility index (Phi) is 6.80. The van der Waals surface area contributed by atoms with Crippen molar-refractivity contribution in [1.82, 2.24) is 4.90 Å². The van der Waals surface area contributed by atoms with Crippen molar-refractivity contribution in [2.75, 3.05) is 0 Å². The van der Waals surface area contributed by atoms with Crippen LogP contribution in [0.1, 0.15) is 79.1 Å². The smallest absolute Gasteiger partial charge is 0.105 e. The lowest BCUT2D eigenvalue weighted by Gasteiger charge is -2.49. The predicted molar refractivity (Wildman–Crippen MR) is 104 cm³/mol. The fourth-order valence-corrected chi connectivity index (χ4v) is 5.48. The van der Waals surface area contributed by atoms with Crippen molar-refractivity contribution in [2.24, 2.45) is 17.8 Å². The van der Waals surface area contributed by atoms with Crippen molar-refractivity contribution < 1.29 is 0 Å². The molecule has 1 saturated heterocycles. The molecule has 1 heterocycles. The molecule has 1 aliphatic heterocycles. The van der Waals surface area contributed by atoms with E-state index < -0.39 is 0 Å². The summed E-state index contributed by atoms with van der Waals surface area (Å²) < 4.78 is 0. The van der Waals surface area contributed by atoms with E-state index >= 15 is 0 Å². The number of piperidine rings is 1. The summed E-state index contributed by atoms with van der Waals surface area (Å²) in [6.45, 7) is 9.38. The maximum Gasteiger partial charge on any atom is 0.105 e. The van der Waals surface area contributed by atoms with E-state index in [4.69, 9.17) is 12.2 Å². The molecule has 2 aliphatic rings. The lowest BCUT2D eigenvalue weighted by Crippen LogP contribution is -2.53. The van der Waals surface area contributed by atoms with E-state index in [2.05, 4.69) is 40.4 Å². The Bertz CT molecular complexity index is 368. The van der Waals surface area contributed by atoms with E-state index in [1.54, 1.807) is 0 Å². The zero-order valence-electron chi connectivity index (χ0n) is 15.5. The van der Waals surface area contributed by atoms with Gasteiger partial charge in [0, 0.05) is 18.0 Å². The van der Waals surface area contributed by atoms with Crippen LogP contribution in [0.15, 0.2) is 0 Å². The molecule has 0 bridgehead atoms. The third-order valence-corrected chi connectivity index (χ3v) is 6.41.